The smallest absolute Gasteiger partial charge is 0.261 e. The first-order valence-corrected chi connectivity index (χ1v) is 9.50. The summed E-state index contributed by atoms with van der Waals surface area (Å²) in [6.45, 7) is 4.42. The number of para-hydroxylation sites is 1. The Bertz CT molecular complexity index is 887. The van der Waals surface area contributed by atoms with E-state index in [4.69, 9.17) is 4.74 Å². The van der Waals surface area contributed by atoms with Crippen LogP contribution in [0.5, 0.6) is 5.75 Å². The fourth-order valence-electron chi connectivity index (χ4n) is 2.68. The van der Waals surface area contributed by atoms with Crippen LogP contribution >= 0.6 is 11.3 Å². The Morgan fingerprint density at radius 2 is 1.92 bits per heavy atom. The number of methoxy groups -OCH3 is 1. The topological polar surface area (TPSA) is 51.2 Å². The molecule has 0 bridgehead atoms. The number of hydrogen-bond donors (Lipinski definition) is 1. The monoisotopic (exact) mass is 366 g/mol. The first-order chi connectivity index (χ1) is 12.6. The Morgan fingerprint density at radius 1 is 1.19 bits per heavy atom. The maximum absolute atomic E-state index is 12.5. The summed E-state index contributed by atoms with van der Waals surface area (Å²) in [5, 5.41) is 5.38. The van der Waals surface area contributed by atoms with E-state index < -0.39 is 0 Å². The highest BCUT2D eigenvalue weighted by atomic mass is 32.1. The Hall–Kier alpha value is -2.66. The van der Waals surface area contributed by atoms with E-state index in [2.05, 4.69) is 48.4 Å². The van der Waals surface area contributed by atoms with E-state index >= 15 is 0 Å². The largest absolute Gasteiger partial charge is 0.496 e. The van der Waals surface area contributed by atoms with Gasteiger partial charge in [-0.15, -0.1) is 11.3 Å². The summed E-state index contributed by atoms with van der Waals surface area (Å²) in [7, 11) is 1.55. The summed E-state index contributed by atoms with van der Waals surface area (Å²) in [5.41, 5.74) is 3.73. The third-order valence-electron chi connectivity index (χ3n) is 4.46. The number of anilines is 1. The van der Waals surface area contributed by atoms with E-state index in [0.717, 1.165) is 17.7 Å². The molecule has 0 fully saturated rings. The number of thiazole rings is 1. The standard InChI is InChI=1S/C21H22N2O2S/c1-4-14(2)15-9-11-16(12-10-15)18-13-26-21(22-18)23-20(24)17-7-5-6-8-19(17)25-3/h5-14H,4H2,1-3H3,(H,22,23,24)/t14-/m0/s1. The zero-order valence-electron chi connectivity index (χ0n) is 15.2. The highest BCUT2D eigenvalue weighted by Gasteiger charge is 2.14. The molecule has 0 spiro atoms. The van der Waals surface area contributed by atoms with Crippen LogP contribution in [0.4, 0.5) is 5.13 Å². The van der Waals surface area contributed by atoms with Crippen LogP contribution in [0.1, 0.15) is 42.1 Å². The van der Waals surface area contributed by atoms with Crippen molar-refractivity contribution < 1.29 is 9.53 Å². The van der Waals surface area contributed by atoms with Gasteiger partial charge in [0.2, 0.25) is 0 Å². The van der Waals surface area contributed by atoms with Crippen molar-refractivity contribution in [3.8, 4) is 17.0 Å². The highest BCUT2D eigenvalue weighted by Crippen LogP contribution is 2.28. The first kappa shape index (κ1) is 18.1. The van der Waals surface area contributed by atoms with Crippen molar-refractivity contribution in [1.29, 1.82) is 0 Å². The summed E-state index contributed by atoms with van der Waals surface area (Å²) in [5.74, 6) is 0.869. The minimum Gasteiger partial charge on any atom is -0.496 e. The van der Waals surface area contributed by atoms with Crippen molar-refractivity contribution in [2.45, 2.75) is 26.2 Å². The Balaban J connectivity index is 1.74. The molecule has 0 aliphatic carbocycles. The van der Waals surface area contributed by atoms with E-state index in [1.807, 2.05) is 17.5 Å². The van der Waals surface area contributed by atoms with Gasteiger partial charge in [0, 0.05) is 10.9 Å². The van der Waals surface area contributed by atoms with Crippen LogP contribution in [0, 0.1) is 0 Å². The molecular formula is C21H22N2O2S. The molecule has 134 valence electrons. The lowest BCUT2D eigenvalue weighted by Crippen LogP contribution is -2.12. The second kappa shape index (κ2) is 8.15. The number of aromatic nitrogens is 1. The fourth-order valence-corrected chi connectivity index (χ4v) is 3.39. The number of ether oxygens (including phenoxy) is 1. The molecule has 1 amide bonds. The Labute approximate surface area is 157 Å². The van der Waals surface area contributed by atoms with Gasteiger partial charge in [-0.2, -0.15) is 0 Å². The lowest BCUT2D eigenvalue weighted by Gasteiger charge is -2.09. The van der Waals surface area contributed by atoms with Gasteiger partial charge >= 0.3 is 0 Å². The molecule has 1 heterocycles. The maximum atomic E-state index is 12.5. The van der Waals surface area contributed by atoms with E-state index in [9.17, 15) is 4.79 Å². The van der Waals surface area contributed by atoms with Gasteiger partial charge in [0.15, 0.2) is 5.13 Å². The van der Waals surface area contributed by atoms with Crippen LogP contribution in [-0.2, 0) is 0 Å². The third-order valence-corrected chi connectivity index (χ3v) is 5.22. The van der Waals surface area contributed by atoms with Gasteiger partial charge in [-0.1, -0.05) is 50.2 Å². The second-order valence-corrected chi connectivity index (χ2v) is 6.98. The van der Waals surface area contributed by atoms with E-state index in [1.54, 1.807) is 19.2 Å². The summed E-state index contributed by atoms with van der Waals surface area (Å²) in [6, 6.07) is 15.6. The van der Waals surface area contributed by atoms with Crippen LogP contribution in [0.25, 0.3) is 11.3 Å². The molecule has 0 aliphatic rings. The van der Waals surface area contributed by atoms with E-state index in [-0.39, 0.29) is 5.91 Å². The van der Waals surface area contributed by atoms with Gasteiger partial charge in [0.25, 0.3) is 5.91 Å². The fraction of sp³-hybridized carbons (Fsp3) is 0.238. The number of benzene rings is 2. The third kappa shape index (κ3) is 3.94. The first-order valence-electron chi connectivity index (χ1n) is 8.62. The van der Waals surface area contributed by atoms with E-state index in [1.165, 1.54) is 16.9 Å². The molecule has 3 rings (SSSR count). The molecular weight excluding hydrogens is 344 g/mol. The Morgan fingerprint density at radius 3 is 2.62 bits per heavy atom. The molecule has 0 saturated carbocycles. The minimum atomic E-state index is -0.226. The minimum absolute atomic E-state index is 0.226. The zero-order chi connectivity index (χ0) is 18.5. The summed E-state index contributed by atoms with van der Waals surface area (Å²) >= 11 is 1.41. The summed E-state index contributed by atoms with van der Waals surface area (Å²) in [6.07, 6.45) is 1.12. The molecule has 5 heteroatoms. The van der Waals surface area contributed by atoms with Crippen molar-refractivity contribution >= 4 is 22.4 Å². The van der Waals surface area contributed by atoms with Gasteiger partial charge in [0.05, 0.1) is 18.4 Å². The van der Waals surface area contributed by atoms with Crippen molar-refractivity contribution in [2.24, 2.45) is 0 Å². The SMILES string of the molecule is CC[C@H](C)c1ccc(-c2csc(NC(=O)c3ccccc3OC)n2)cc1. The summed E-state index contributed by atoms with van der Waals surface area (Å²) < 4.78 is 5.24. The highest BCUT2D eigenvalue weighted by molar-refractivity contribution is 7.14. The summed E-state index contributed by atoms with van der Waals surface area (Å²) in [4.78, 5) is 17.0. The maximum Gasteiger partial charge on any atom is 0.261 e. The van der Waals surface area contributed by atoms with Gasteiger partial charge in [-0.25, -0.2) is 4.98 Å². The quantitative estimate of drug-likeness (QED) is 0.619. The van der Waals surface area contributed by atoms with Gasteiger partial charge in [-0.05, 0) is 30.0 Å². The second-order valence-electron chi connectivity index (χ2n) is 6.12. The molecule has 0 saturated heterocycles. The lowest BCUT2D eigenvalue weighted by molar-refractivity contribution is 0.102. The van der Waals surface area contributed by atoms with Crippen LogP contribution < -0.4 is 10.1 Å². The zero-order valence-corrected chi connectivity index (χ0v) is 16.0. The number of carbonyl (C=O) groups is 1. The van der Waals surface area contributed by atoms with Crippen LogP contribution in [-0.4, -0.2) is 18.0 Å². The normalized spacial score (nSPS) is 11.8. The number of rotatable bonds is 6. The predicted molar refractivity (Wildman–Crippen MR) is 107 cm³/mol. The van der Waals surface area contributed by atoms with Gasteiger partial charge in [-0.3, -0.25) is 10.1 Å². The number of nitrogens with one attached hydrogen (secondary N) is 1. The number of nitrogens with zero attached hydrogens (tertiary/aromatic N) is 1. The number of hydrogen-bond acceptors (Lipinski definition) is 4. The van der Waals surface area contributed by atoms with Crippen molar-refractivity contribution in [1.82, 2.24) is 4.98 Å². The lowest BCUT2D eigenvalue weighted by atomic mass is 9.97. The van der Waals surface area contributed by atoms with Crippen molar-refractivity contribution in [3.05, 3.63) is 65.0 Å². The van der Waals surface area contributed by atoms with Gasteiger partial charge in [0.1, 0.15) is 5.75 Å². The molecule has 1 N–H and O–H groups in total. The molecule has 4 nitrogen and oxygen atoms in total. The number of carbonyl (C=O) groups excluding carboxylic acids is 1. The predicted octanol–water partition coefficient (Wildman–Crippen LogP) is 5.58. The molecule has 3 aromatic rings. The van der Waals surface area contributed by atoms with Crippen LogP contribution in [0.15, 0.2) is 53.9 Å². The number of amides is 1. The molecule has 1 atom stereocenters. The van der Waals surface area contributed by atoms with Crippen molar-refractivity contribution in [3.63, 3.8) is 0 Å². The van der Waals surface area contributed by atoms with Gasteiger partial charge < -0.3 is 4.74 Å². The molecule has 1 aromatic heterocycles. The molecule has 0 radical (unpaired) electrons. The molecule has 2 aromatic carbocycles. The van der Waals surface area contributed by atoms with Crippen molar-refractivity contribution in [2.75, 3.05) is 12.4 Å². The molecule has 0 aliphatic heterocycles. The Kier molecular flexibility index (Phi) is 5.68. The van der Waals surface area contributed by atoms with E-state index in [0.29, 0.717) is 22.4 Å². The molecule has 0 unspecified atom stereocenters. The average molecular weight is 366 g/mol. The van der Waals surface area contributed by atoms with Crippen LogP contribution in [0.2, 0.25) is 0 Å². The van der Waals surface area contributed by atoms with Crippen LogP contribution in [0.3, 0.4) is 0 Å². The molecule has 26 heavy (non-hydrogen) atoms. The average Bonchev–Trinajstić information content (AvgIpc) is 3.15.